The predicted molar refractivity (Wildman–Crippen MR) is 102 cm³/mol. The molecule has 0 aliphatic carbocycles. The zero-order chi connectivity index (χ0) is 17.9. The Bertz CT molecular complexity index is 607. The topological polar surface area (TPSA) is 47.6 Å². The van der Waals surface area contributed by atoms with Crippen molar-refractivity contribution in [3.05, 3.63) is 42.0 Å². The van der Waals surface area contributed by atoms with Crippen LogP contribution in [0.25, 0.3) is 6.08 Å². The van der Waals surface area contributed by atoms with Crippen LogP contribution in [0, 0.1) is 5.92 Å². The Hall–Kier alpha value is -2.23. The van der Waals surface area contributed by atoms with E-state index in [0.29, 0.717) is 0 Å². The Morgan fingerprint density at radius 3 is 2.84 bits per heavy atom. The van der Waals surface area contributed by atoms with Gasteiger partial charge in [-0.2, -0.15) is 0 Å². The van der Waals surface area contributed by atoms with Crippen molar-refractivity contribution < 1.29 is 14.3 Å². The van der Waals surface area contributed by atoms with Crippen LogP contribution < -0.4 is 14.8 Å². The summed E-state index contributed by atoms with van der Waals surface area (Å²) in [5.41, 5.74) is 1.01. The van der Waals surface area contributed by atoms with Crippen LogP contribution in [0.15, 0.2) is 36.4 Å². The van der Waals surface area contributed by atoms with E-state index in [2.05, 4.69) is 19.2 Å². The van der Waals surface area contributed by atoms with E-state index in [0.717, 1.165) is 35.9 Å². The molecule has 0 bridgehead atoms. The third-order valence-electron chi connectivity index (χ3n) is 4.44. The number of fused-ring (bicyclic) bond motifs is 1. The first-order valence-electron chi connectivity index (χ1n) is 9.25. The standard InChI is InChI=1S/C21H29NO3/c1-3-5-8-17(4-2)13-14-22-21(23)10-7-6-9-18-11-12-19-20(15-18)25-16-24-19/h6-7,9-12,15,17H,3-5,8,13-14,16H2,1-2H3,(H,22,23)/b9-6?,10-7+. The predicted octanol–water partition coefficient (Wildman–Crippen LogP) is 4.71. The van der Waals surface area contributed by atoms with Gasteiger partial charge in [-0.05, 0) is 30.0 Å². The van der Waals surface area contributed by atoms with Crippen molar-refractivity contribution in [2.45, 2.75) is 46.0 Å². The molecule has 1 atom stereocenters. The monoisotopic (exact) mass is 343 g/mol. The van der Waals surface area contributed by atoms with Gasteiger partial charge in [0.05, 0.1) is 0 Å². The first-order chi connectivity index (χ1) is 12.2. The van der Waals surface area contributed by atoms with E-state index in [1.54, 1.807) is 12.2 Å². The highest BCUT2D eigenvalue weighted by Gasteiger charge is 2.12. The molecule has 136 valence electrons. The second kappa shape index (κ2) is 10.6. The van der Waals surface area contributed by atoms with Crippen LogP contribution in [0.5, 0.6) is 11.5 Å². The van der Waals surface area contributed by atoms with Gasteiger partial charge in [-0.3, -0.25) is 4.79 Å². The van der Waals surface area contributed by atoms with Gasteiger partial charge in [0.25, 0.3) is 0 Å². The molecule has 4 nitrogen and oxygen atoms in total. The second-order valence-electron chi connectivity index (χ2n) is 6.33. The zero-order valence-electron chi connectivity index (χ0n) is 15.3. The lowest BCUT2D eigenvalue weighted by Gasteiger charge is -2.14. The van der Waals surface area contributed by atoms with E-state index in [-0.39, 0.29) is 12.7 Å². The number of carbonyl (C=O) groups is 1. The largest absolute Gasteiger partial charge is 0.454 e. The number of carbonyl (C=O) groups excluding carboxylic acids is 1. The minimum absolute atomic E-state index is 0.0410. The number of unbranched alkanes of at least 4 members (excludes halogenated alkanes) is 1. The fourth-order valence-electron chi connectivity index (χ4n) is 2.83. The molecular weight excluding hydrogens is 314 g/mol. The molecule has 0 saturated carbocycles. The van der Waals surface area contributed by atoms with Crippen LogP contribution in [0.2, 0.25) is 0 Å². The summed E-state index contributed by atoms with van der Waals surface area (Å²) in [6, 6.07) is 5.77. The number of hydrogen-bond acceptors (Lipinski definition) is 3. The zero-order valence-corrected chi connectivity index (χ0v) is 15.3. The summed E-state index contributed by atoms with van der Waals surface area (Å²) in [6.45, 7) is 5.47. The van der Waals surface area contributed by atoms with Gasteiger partial charge in [-0.15, -0.1) is 0 Å². The van der Waals surface area contributed by atoms with Crippen molar-refractivity contribution in [3.8, 4) is 11.5 Å². The van der Waals surface area contributed by atoms with Crippen LogP contribution in [0.1, 0.15) is 51.5 Å². The summed E-state index contributed by atoms with van der Waals surface area (Å²) in [7, 11) is 0. The molecule has 2 rings (SSSR count). The molecule has 1 N–H and O–H groups in total. The summed E-state index contributed by atoms with van der Waals surface area (Å²) >= 11 is 0. The minimum Gasteiger partial charge on any atom is -0.454 e. The van der Waals surface area contributed by atoms with Gasteiger partial charge in [0.15, 0.2) is 11.5 Å². The van der Waals surface area contributed by atoms with Gasteiger partial charge in [0, 0.05) is 12.6 Å². The van der Waals surface area contributed by atoms with Gasteiger partial charge in [-0.25, -0.2) is 0 Å². The fourth-order valence-corrected chi connectivity index (χ4v) is 2.83. The molecule has 1 aromatic rings. The summed E-state index contributed by atoms with van der Waals surface area (Å²) in [5.74, 6) is 2.21. The SMILES string of the molecule is CCCCC(CC)CCNC(=O)/C=C/C=Cc1ccc2c(c1)OCO2. The second-order valence-corrected chi connectivity index (χ2v) is 6.33. The molecular formula is C21H29NO3. The van der Waals surface area contributed by atoms with Gasteiger partial charge >= 0.3 is 0 Å². The minimum atomic E-state index is -0.0410. The number of benzene rings is 1. The van der Waals surface area contributed by atoms with E-state index in [1.807, 2.05) is 30.4 Å². The van der Waals surface area contributed by atoms with E-state index in [1.165, 1.54) is 25.7 Å². The highest BCUT2D eigenvalue weighted by molar-refractivity contribution is 5.87. The number of nitrogens with one attached hydrogen (secondary N) is 1. The van der Waals surface area contributed by atoms with Gasteiger partial charge in [-0.1, -0.05) is 63.8 Å². The Morgan fingerprint density at radius 2 is 2.04 bits per heavy atom. The molecule has 0 radical (unpaired) electrons. The Balaban J connectivity index is 1.69. The third kappa shape index (κ3) is 6.65. The highest BCUT2D eigenvalue weighted by atomic mass is 16.7. The summed E-state index contributed by atoms with van der Waals surface area (Å²) in [4.78, 5) is 11.8. The maximum Gasteiger partial charge on any atom is 0.243 e. The molecule has 1 amide bonds. The number of ether oxygens (including phenoxy) is 2. The number of allylic oxidation sites excluding steroid dienone is 2. The average molecular weight is 343 g/mol. The molecule has 0 saturated heterocycles. The molecule has 1 heterocycles. The van der Waals surface area contributed by atoms with E-state index < -0.39 is 0 Å². The van der Waals surface area contributed by atoms with E-state index in [4.69, 9.17) is 9.47 Å². The molecule has 4 heteroatoms. The number of hydrogen-bond donors (Lipinski definition) is 1. The van der Waals surface area contributed by atoms with Crippen LogP contribution in [-0.4, -0.2) is 19.2 Å². The summed E-state index contributed by atoms with van der Waals surface area (Å²) in [6.07, 6.45) is 13.1. The maximum atomic E-state index is 11.8. The van der Waals surface area contributed by atoms with Gasteiger partial charge in [0.1, 0.15) is 0 Å². The van der Waals surface area contributed by atoms with Gasteiger partial charge < -0.3 is 14.8 Å². The molecule has 0 spiro atoms. The van der Waals surface area contributed by atoms with Crippen LogP contribution >= 0.6 is 0 Å². The molecule has 1 aliphatic heterocycles. The van der Waals surface area contributed by atoms with Crippen molar-refractivity contribution >= 4 is 12.0 Å². The van der Waals surface area contributed by atoms with Gasteiger partial charge in [0.2, 0.25) is 12.7 Å². The van der Waals surface area contributed by atoms with E-state index >= 15 is 0 Å². The van der Waals surface area contributed by atoms with Crippen LogP contribution in [0.4, 0.5) is 0 Å². The third-order valence-corrected chi connectivity index (χ3v) is 4.44. The van der Waals surface area contributed by atoms with Crippen molar-refractivity contribution in [2.24, 2.45) is 5.92 Å². The smallest absolute Gasteiger partial charge is 0.243 e. The lowest BCUT2D eigenvalue weighted by molar-refractivity contribution is -0.116. The van der Waals surface area contributed by atoms with Crippen molar-refractivity contribution in [1.82, 2.24) is 5.32 Å². The first kappa shape index (κ1) is 19.1. The lowest BCUT2D eigenvalue weighted by Crippen LogP contribution is -2.23. The highest BCUT2D eigenvalue weighted by Crippen LogP contribution is 2.32. The Morgan fingerprint density at radius 1 is 1.20 bits per heavy atom. The molecule has 1 unspecified atom stereocenters. The van der Waals surface area contributed by atoms with Crippen LogP contribution in [-0.2, 0) is 4.79 Å². The average Bonchev–Trinajstić information content (AvgIpc) is 3.09. The van der Waals surface area contributed by atoms with Crippen molar-refractivity contribution in [2.75, 3.05) is 13.3 Å². The van der Waals surface area contributed by atoms with Crippen molar-refractivity contribution in [1.29, 1.82) is 0 Å². The molecule has 0 fully saturated rings. The maximum absolute atomic E-state index is 11.8. The molecule has 25 heavy (non-hydrogen) atoms. The molecule has 1 aromatic carbocycles. The van der Waals surface area contributed by atoms with Crippen LogP contribution in [0.3, 0.4) is 0 Å². The first-order valence-corrected chi connectivity index (χ1v) is 9.25. The normalized spacial score (nSPS) is 14.3. The molecule has 1 aliphatic rings. The fraction of sp³-hybridized carbons (Fsp3) is 0.476. The summed E-state index contributed by atoms with van der Waals surface area (Å²) < 4.78 is 10.6. The van der Waals surface area contributed by atoms with Crippen molar-refractivity contribution in [3.63, 3.8) is 0 Å². The number of rotatable bonds is 10. The summed E-state index contributed by atoms with van der Waals surface area (Å²) in [5, 5.41) is 2.96. The lowest BCUT2D eigenvalue weighted by atomic mass is 9.96. The quantitative estimate of drug-likeness (QED) is 0.494. The Labute approximate surface area is 150 Å². The number of amides is 1. The molecule has 0 aromatic heterocycles. The van der Waals surface area contributed by atoms with E-state index in [9.17, 15) is 4.79 Å². The Kier molecular flexibility index (Phi) is 8.10.